The molecule has 2 aromatic carbocycles. The minimum Gasteiger partial charge on any atom is -0.247 e. The van der Waals surface area contributed by atoms with Crippen molar-refractivity contribution < 1.29 is 9.15 Å². The Labute approximate surface area is 169 Å². The second-order valence-electron chi connectivity index (χ2n) is 7.28. The largest absolute Gasteiger partial charge is 0.247 e. The third kappa shape index (κ3) is 5.85. The van der Waals surface area contributed by atoms with Crippen LogP contribution < -0.4 is 0 Å². The highest BCUT2D eigenvalue weighted by molar-refractivity contribution is 5.94. The van der Waals surface area contributed by atoms with Crippen molar-refractivity contribution in [1.29, 1.82) is 0 Å². The lowest BCUT2D eigenvalue weighted by atomic mass is 10.1. The maximum Gasteiger partial charge on any atom is 0.206 e. The van der Waals surface area contributed by atoms with Crippen molar-refractivity contribution in [3.05, 3.63) is 55.1 Å². The van der Waals surface area contributed by atoms with Gasteiger partial charge in [-0.25, -0.2) is 14.1 Å². The number of fused-ring (bicyclic) bond motifs is 2. The molecular formula is C25H33N3+2. The van der Waals surface area contributed by atoms with Crippen molar-refractivity contribution in [3.63, 3.8) is 0 Å². The molecule has 1 aromatic heterocycles. The number of rotatable bonds is 7. The van der Waals surface area contributed by atoms with Crippen LogP contribution in [0.2, 0.25) is 0 Å². The van der Waals surface area contributed by atoms with Crippen molar-refractivity contribution in [2.24, 2.45) is 0 Å². The lowest BCUT2D eigenvalue weighted by Gasteiger charge is -2.03. The molecule has 0 aliphatic carbocycles. The third-order valence-corrected chi connectivity index (χ3v) is 4.72. The van der Waals surface area contributed by atoms with Gasteiger partial charge in [-0.1, -0.05) is 32.3 Å². The lowest BCUT2D eigenvalue weighted by molar-refractivity contribution is -0.394. The predicted octanol–water partition coefficient (Wildman–Crippen LogP) is 6.48. The summed E-state index contributed by atoms with van der Waals surface area (Å²) in [6.07, 6.45) is 8.61. The van der Waals surface area contributed by atoms with Crippen molar-refractivity contribution in [3.8, 4) is 0 Å². The summed E-state index contributed by atoms with van der Waals surface area (Å²) in [6.45, 7) is 13.7. The molecular weight excluding hydrogens is 342 g/mol. The van der Waals surface area contributed by atoms with Crippen molar-refractivity contribution in [2.75, 3.05) is 14.1 Å². The average Bonchev–Trinajstić information content (AvgIpc) is 2.69. The van der Waals surface area contributed by atoms with Gasteiger partial charge in [0.15, 0.2) is 0 Å². The molecule has 3 aromatic rings. The number of benzene rings is 2. The zero-order chi connectivity index (χ0) is 20.5. The molecule has 0 N–H and O–H groups in total. The molecule has 0 unspecified atom stereocenters. The fourth-order valence-corrected chi connectivity index (χ4v) is 2.99. The first-order valence-electron chi connectivity index (χ1n) is 10.00. The summed E-state index contributed by atoms with van der Waals surface area (Å²) in [5.41, 5.74) is 4.06. The first-order chi connectivity index (χ1) is 13.5. The molecule has 0 spiro atoms. The topological polar surface area (TPSA) is 18.9 Å². The third-order valence-electron chi connectivity index (χ3n) is 4.72. The monoisotopic (exact) mass is 375 g/mol. The molecule has 0 amide bonds. The van der Waals surface area contributed by atoms with Gasteiger partial charge in [0.1, 0.15) is 27.5 Å². The smallest absolute Gasteiger partial charge is 0.206 e. The van der Waals surface area contributed by atoms with Gasteiger partial charge in [0.05, 0.1) is 11.0 Å². The highest BCUT2D eigenvalue weighted by Crippen LogP contribution is 2.25. The Kier molecular flexibility index (Phi) is 8.06. The van der Waals surface area contributed by atoms with Gasteiger partial charge in [-0.2, -0.15) is 0 Å². The summed E-state index contributed by atoms with van der Waals surface area (Å²) >= 11 is 0. The quantitative estimate of drug-likeness (QED) is 0.152. The number of nitrogens with zero attached hydrogens (tertiary/aromatic N) is 3. The van der Waals surface area contributed by atoms with Crippen LogP contribution in [0.4, 0.5) is 11.4 Å². The summed E-state index contributed by atoms with van der Waals surface area (Å²) in [7, 11) is 3.86. The maximum absolute atomic E-state index is 4.75. The first kappa shape index (κ1) is 21.5. The zero-order valence-electron chi connectivity index (χ0n) is 17.6. The molecule has 0 aliphatic rings. The Morgan fingerprint density at radius 1 is 0.821 bits per heavy atom. The highest BCUT2D eigenvalue weighted by Gasteiger charge is 2.08. The van der Waals surface area contributed by atoms with Gasteiger partial charge in [0.25, 0.3) is 0 Å². The first-order valence-corrected chi connectivity index (χ1v) is 10.00. The summed E-state index contributed by atoms with van der Waals surface area (Å²) in [4.78, 5) is 4.75. The highest BCUT2D eigenvalue weighted by atomic mass is 14.9. The molecule has 0 radical (unpaired) electrons. The minimum atomic E-state index is 0.981. The van der Waals surface area contributed by atoms with E-state index in [9.17, 15) is 0 Å². The fraction of sp³-hybridized carbons (Fsp3) is 0.320. The Morgan fingerprint density at radius 3 is 1.79 bits per heavy atom. The molecule has 0 bridgehead atoms. The number of pyridine rings is 1. The number of hydrogen-bond donors (Lipinski definition) is 0. The maximum atomic E-state index is 4.75. The van der Waals surface area contributed by atoms with E-state index in [0.29, 0.717) is 0 Å². The van der Waals surface area contributed by atoms with E-state index in [2.05, 4.69) is 69.4 Å². The van der Waals surface area contributed by atoms with Crippen LogP contribution in [0.1, 0.15) is 39.0 Å². The van der Waals surface area contributed by atoms with Crippen LogP contribution in [0.3, 0.4) is 0 Å². The Balaban J connectivity index is 0.000000300. The fourth-order valence-electron chi connectivity index (χ4n) is 2.99. The number of aromatic nitrogens is 1. The molecule has 3 rings (SSSR count). The van der Waals surface area contributed by atoms with Gasteiger partial charge < -0.3 is 0 Å². The Hall–Kier alpha value is -2.81. The van der Waals surface area contributed by atoms with Crippen molar-refractivity contribution >= 4 is 46.6 Å². The lowest BCUT2D eigenvalue weighted by Crippen LogP contribution is -1.94. The number of hydrogen-bond acceptors (Lipinski definition) is 1. The van der Waals surface area contributed by atoms with Crippen molar-refractivity contribution in [1.82, 2.24) is 4.98 Å². The summed E-state index contributed by atoms with van der Waals surface area (Å²) in [5, 5.41) is 2.28. The van der Waals surface area contributed by atoms with E-state index in [1.54, 1.807) is 0 Å². The molecule has 0 aliphatic heterocycles. The van der Waals surface area contributed by atoms with E-state index in [-0.39, 0.29) is 0 Å². The second-order valence-corrected chi connectivity index (χ2v) is 7.28. The van der Waals surface area contributed by atoms with Gasteiger partial charge in [0.2, 0.25) is 11.4 Å². The van der Waals surface area contributed by atoms with E-state index >= 15 is 0 Å². The van der Waals surface area contributed by atoms with Gasteiger partial charge in [-0.05, 0) is 31.0 Å². The number of allylic oxidation sites excluding steroid dienone is 1. The number of unbranched alkanes of at least 4 members (excludes halogenated alkanes) is 4. The van der Waals surface area contributed by atoms with E-state index < -0.39 is 0 Å². The van der Waals surface area contributed by atoms with E-state index in [4.69, 9.17) is 4.98 Å². The summed E-state index contributed by atoms with van der Waals surface area (Å²) in [6, 6.07) is 14.6. The standard InChI is InChI=1S/C17H17N3.C8H16/c1-19(2)14-7-5-12-9-13-6-8-15(20(3)4)11-17(13)18-16(12)10-14;1-3-5-7-8-6-4-2/h5-11H,1,3H2,2,4H3;3H,1,4-8H2,2H3/q+2;. The molecule has 0 saturated carbocycles. The van der Waals surface area contributed by atoms with Crippen LogP contribution >= 0.6 is 0 Å². The van der Waals surface area contributed by atoms with Crippen LogP contribution in [0.15, 0.2) is 55.1 Å². The van der Waals surface area contributed by atoms with Crippen LogP contribution in [0.25, 0.3) is 21.8 Å². The van der Waals surface area contributed by atoms with Gasteiger partial charge >= 0.3 is 0 Å². The van der Waals surface area contributed by atoms with E-state index in [0.717, 1.165) is 33.2 Å². The normalized spacial score (nSPS) is 10.4. The van der Waals surface area contributed by atoms with Crippen molar-refractivity contribution in [2.45, 2.75) is 39.0 Å². The average molecular weight is 376 g/mol. The SMILES string of the molecule is C=CCCCCCC.C=[N+](C)c1ccc2cc3ccc([N+](=C)C)cc3nc2c1. The summed E-state index contributed by atoms with van der Waals surface area (Å²) in [5.74, 6) is 0. The van der Waals surface area contributed by atoms with Gasteiger partial charge in [-0.3, -0.25) is 0 Å². The second kappa shape index (κ2) is 10.5. The van der Waals surface area contributed by atoms with E-state index in [1.165, 1.54) is 32.1 Å². The van der Waals surface area contributed by atoms with Gasteiger partial charge in [0, 0.05) is 35.0 Å². The molecule has 0 atom stereocenters. The molecule has 3 heteroatoms. The molecule has 1 heterocycles. The minimum absolute atomic E-state index is 0.981. The van der Waals surface area contributed by atoms with Crippen LogP contribution in [-0.4, -0.2) is 41.7 Å². The molecule has 146 valence electrons. The zero-order valence-corrected chi connectivity index (χ0v) is 17.6. The van der Waals surface area contributed by atoms with E-state index in [1.807, 2.05) is 29.3 Å². The molecule has 3 nitrogen and oxygen atoms in total. The van der Waals surface area contributed by atoms with Gasteiger partial charge in [-0.15, -0.1) is 6.58 Å². The molecule has 0 saturated heterocycles. The van der Waals surface area contributed by atoms with Crippen LogP contribution in [0.5, 0.6) is 0 Å². The Morgan fingerprint density at radius 2 is 1.36 bits per heavy atom. The predicted molar refractivity (Wildman–Crippen MR) is 124 cm³/mol. The molecule has 28 heavy (non-hydrogen) atoms. The van der Waals surface area contributed by atoms with Crippen LogP contribution in [-0.2, 0) is 0 Å². The molecule has 0 fully saturated rings. The summed E-state index contributed by atoms with van der Waals surface area (Å²) < 4.78 is 3.68. The Bertz CT molecular complexity index is 917. The van der Waals surface area contributed by atoms with Crippen LogP contribution in [0, 0.1) is 0 Å².